The molecule has 0 aliphatic rings. The minimum atomic E-state index is -1.17. The van der Waals surface area contributed by atoms with Gasteiger partial charge in [0.15, 0.2) is 11.6 Å². The number of hydrogen-bond acceptors (Lipinski definition) is 3. The summed E-state index contributed by atoms with van der Waals surface area (Å²) in [7, 11) is 1.16. The zero-order valence-corrected chi connectivity index (χ0v) is 12.7. The maximum atomic E-state index is 13.2. The van der Waals surface area contributed by atoms with Crippen LogP contribution >= 0.6 is 0 Å². The van der Waals surface area contributed by atoms with Crippen LogP contribution in [0.2, 0.25) is 0 Å². The van der Waals surface area contributed by atoms with Gasteiger partial charge in [-0.15, -0.1) is 0 Å². The number of esters is 1. The van der Waals surface area contributed by atoms with Gasteiger partial charge in [-0.3, -0.25) is 4.79 Å². The molecule has 1 N–H and O–H groups in total. The molecule has 0 aromatic heterocycles. The van der Waals surface area contributed by atoms with Crippen molar-refractivity contribution < 1.29 is 27.5 Å². The van der Waals surface area contributed by atoms with Gasteiger partial charge in [0.2, 0.25) is 0 Å². The molecule has 2 aromatic carbocycles. The molecular weight excluding hydrogens is 323 g/mol. The smallest absolute Gasteiger partial charge is 0.328 e. The van der Waals surface area contributed by atoms with Crippen LogP contribution in [0.15, 0.2) is 42.5 Å². The Bertz CT molecular complexity index is 747. The van der Waals surface area contributed by atoms with Gasteiger partial charge in [0.05, 0.1) is 7.11 Å². The van der Waals surface area contributed by atoms with Crippen molar-refractivity contribution in [3.63, 3.8) is 0 Å². The van der Waals surface area contributed by atoms with Crippen LogP contribution in [-0.2, 0) is 16.0 Å². The highest BCUT2D eigenvalue weighted by Crippen LogP contribution is 2.11. The number of methoxy groups -OCH3 is 1. The van der Waals surface area contributed by atoms with E-state index in [9.17, 15) is 22.8 Å². The fraction of sp³-hybridized carbons (Fsp3) is 0.176. The molecule has 0 saturated heterocycles. The molecule has 0 aliphatic carbocycles. The number of hydrogen-bond donors (Lipinski definition) is 1. The van der Waals surface area contributed by atoms with Gasteiger partial charge in [-0.25, -0.2) is 18.0 Å². The summed E-state index contributed by atoms with van der Waals surface area (Å²) >= 11 is 0. The monoisotopic (exact) mass is 337 g/mol. The van der Waals surface area contributed by atoms with E-state index in [0.29, 0.717) is 5.56 Å². The summed E-state index contributed by atoms with van der Waals surface area (Å²) in [5, 5.41) is 2.40. The molecule has 0 spiro atoms. The van der Waals surface area contributed by atoms with Gasteiger partial charge in [0.1, 0.15) is 11.9 Å². The van der Waals surface area contributed by atoms with Crippen molar-refractivity contribution in [3.05, 3.63) is 71.0 Å². The normalized spacial score (nSPS) is 11.7. The van der Waals surface area contributed by atoms with E-state index in [4.69, 9.17) is 0 Å². The predicted octanol–water partition coefficient (Wildman–Crippen LogP) is 2.62. The summed E-state index contributed by atoms with van der Waals surface area (Å²) in [5.41, 5.74) is 0.458. The van der Waals surface area contributed by atoms with E-state index >= 15 is 0 Å². The van der Waals surface area contributed by atoms with Crippen molar-refractivity contribution in [1.29, 1.82) is 0 Å². The van der Waals surface area contributed by atoms with Crippen LogP contribution in [0.25, 0.3) is 0 Å². The number of carbonyl (C=O) groups excluding carboxylic acids is 2. The summed E-state index contributed by atoms with van der Waals surface area (Å²) in [6.45, 7) is 0. The number of nitrogens with one attached hydrogen (secondary N) is 1. The van der Waals surface area contributed by atoms with Gasteiger partial charge in [-0.1, -0.05) is 12.1 Å². The molecule has 0 radical (unpaired) electrons. The highest BCUT2D eigenvalue weighted by molar-refractivity contribution is 5.96. The van der Waals surface area contributed by atoms with Gasteiger partial charge >= 0.3 is 5.97 Å². The quantitative estimate of drug-likeness (QED) is 0.854. The Morgan fingerprint density at radius 2 is 1.71 bits per heavy atom. The van der Waals surface area contributed by atoms with E-state index in [1.165, 1.54) is 24.3 Å². The fourth-order valence-corrected chi connectivity index (χ4v) is 2.07. The molecule has 0 fully saturated rings. The van der Waals surface area contributed by atoms with Crippen LogP contribution in [0, 0.1) is 17.5 Å². The first-order valence-electron chi connectivity index (χ1n) is 6.99. The molecule has 2 aromatic rings. The number of ether oxygens (including phenoxy) is 1. The first-order valence-corrected chi connectivity index (χ1v) is 6.99. The maximum Gasteiger partial charge on any atom is 0.328 e. The number of halogens is 3. The predicted molar refractivity (Wildman–Crippen MR) is 79.7 cm³/mol. The third-order valence-corrected chi connectivity index (χ3v) is 3.33. The summed E-state index contributed by atoms with van der Waals surface area (Å²) in [6, 6.07) is 6.97. The van der Waals surface area contributed by atoms with E-state index < -0.39 is 35.4 Å². The summed E-state index contributed by atoms with van der Waals surface area (Å²) in [4.78, 5) is 23.9. The van der Waals surface area contributed by atoms with Crippen LogP contribution < -0.4 is 5.32 Å². The van der Waals surface area contributed by atoms with Crippen molar-refractivity contribution >= 4 is 11.9 Å². The molecule has 24 heavy (non-hydrogen) atoms. The largest absolute Gasteiger partial charge is 0.467 e. The minimum Gasteiger partial charge on any atom is -0.467 e. The van der Waals surface area contributed by atoms with Crippen LogP contribution in [0.3, 0.4) is 0 Å². The molecule has 2 rings (SSSR count). The third kappa shape index (κ3) is 4.34. The van der Waals surface area contributed by atoms with Crippen molar-refractivity contribution in [2.24, 2.45) is 0 Å². The lowest BCUT2D eigenvalue weighted by Crippen LogP contribution is -2.43. The van der Waals surface area contributed by atoms with Gasteiger partial charge in [-0.05, 0) is 35.9 Å². The highest BCUT2D eigenvalue weighted by Gasteiger charge is 2.23. The Kier molecular flexibility index (Phi) is 5.57. The van der Waals surface area contributed by atoms with E-state index in [2.05, 4.69) is 10.1 Å². The van der Waals surface area contributed by atoms with Crippen molar-refractivity contribution in [3.8, 4) is 0 Å². The van der Waals surface area contributed by atoms with E-state index in [0.717, 1.165) is 25.3 Å². The summed E-state index contributed by atoms with van der Waals surface area (Å²) in [5.74, 6) is -4.15. The Balaban J connectivity index is 2.15. The first-order chi connectivity index (χ1) is 11.4. The molecule has 126 valence electrons. The SMILES string of the molecule is COC(=O)[C@H](Cc1ccc(F)cc1)NC(=O)c1ccc(F)c(F)c1. The first kappa shape index (κ1) is 17.5. The molecule has 0 unspecified atom stereocenters. The topological polar surface area (TPSA) is 55.4 Å². The molecule has 1 amide bonds. The van der Waals surface area contributed by atoms with Crippen LogP contribution in [0.5, 0.6) is 0 Å². The van der Waals surface area contributed by atoms with Crippen LogP contribution in [-0.4, -0.2) is 25.0 Å². The Morgan fingerprint density at radius 1 is 1.04 bits per heavy atom. The van der Waals surface area contributed by atoms with E-state index in [1.54, 1.807) is 0 Å². The van der Waals surface area contributed by atoms with Crippen LogP contribution in [0.1, 0.15) is 15.9 Å². The Labute approximate surface area is 136 Å². The van der Waals surface area contributed by atoms with E-state index in [-0.39, 0.29) is 12.0 Å². The second-order valence-electron chi connectivity index (χ2n) is 5.01. The van der Waals surface area contributed by atoms with Gasteiger partial charge in [0, 0.05) is 12.0 Å². The molecule has 1 atom stereocenters. The molecule has 0 aliphatic heterocycles. The van der Waals surface area contributed by atoms with Crippen molar-refractivity contribution in [2.75, 3.05) is 7.11 Å². The number of benzene rings is 2. The second kappa shape index (κ2) is 7.63. The molecular formula is C17H14F3NO3. The molecule has 0 saturated carbocycles. The molecule has 4 nitrogen and oxygen atoms in total. The Hall–Kier alpha value is -2.83. The third-order valence-electron chi connectivity index (χ3n) is 3.33. The molecule has 7 heteroatoms. The minimum absolute atomic E-state index is 0.0579. The van der Waals surface area contributed by atoms with Gasteiger partial charge in [-0.2, -0.15) is 0 Å². The van der Waals surface area contributed by atoms with Gasteiger partial charge in [0.25, 0.3) is 5.91 Å². The fourth-order valence-electron chi connectivity index (χ4n) is 2.07. The summed E-state index contributed by atoms with van der Waals surface area (Å²) < 4.78 is 43.7. The zero-order valence-electron chi connectivity index (χ0n) is 12.7. The lowest BCUT2D eigenvalue weighted by atomic mass is 10.1. The molecule has 0 heterocycles. The lowest BCUT2D eigenvalue weighted by molar-refractivity contribution is -0.142. The number of amides is 1. The maximum absolute atomic E-state index is 13.2. The average Bonchev–Trinajstić information content (AvgIpc) is 2.57. The lowest BCUT2D eigenvalue weighted by Gasteiger charge is -2.16. The highest BCUT2D eigenvalue weighted by atomic mass is 19.2. The molecule has 0 bridgehead atoms. The average molecular weight is 337 g/mol. The standard InChI is InChI=1S/C17H14F3NO3/c1-24-17(23)15(8-10-2-5-12(18)6-3-10)21-16(22)11-4-7-13(19)14(20)9-11/h2-7,9,15H,8H2,1H3,(H,21,22)/t15-/m0/s1. The number of carbonyl (C=O) groups is 2. The summed E-state index contributed by atoms with van der Waals surface area (Å²) in [6.07, 6.45) is 0.0579. The second-order valence-corrected chi connectivity index (χ2v) is 5.01. The van der Waals surface area contributed by atoms with E-state index in [1.807, 2.05) is 0 Å². The van der Waals surface area contributed by atoms with Gasteiger partial charge < -0.3 is 10.1 Å². The number of rotatable bonds is 5. The Morgan fingerprint density at radius 3 is 2.29 bits per heavy atom. The van der Waals surface area contributed by atoms with Crippen LogP contribution in [0.4, 0.5) is 13.2 Å². The van der Waals surface area contributed by atoms with Crippen molar-refractivity contribution in [2.45, 2.75) is 12.5 Å². The zero-order chi connectivity index (χ0) is 17.7. The van der Waals surface area contributed by atoms with Crippen molar-refractivity contribution in [1.82, 2.24) is 5.32 Å².